The summed E-state index contributed by atoms with van der Waals surface area (Å²) in [5.41, 5.74) is 0.393. The largest absolute Gasteiger partial charge is 0.356 e. The molecule has 0 spiro atoms. The number of amides is 1. The smallest absolute Gasteiger partial charge is 0.331 e. The third-order valence-corrected chi connectivity index (χ3v) is 6.66. The quantitative estimate of drug-likeness (QED) is 0.685. The van der Waals surface area contributed by atoms with Crippen LogP contribution in [0.2, 0.25) is 0 Å². The highest BCUT2D eigenvalue weighted by Crippen LogP contribution is 2.29. The van der Waals surface area contributed by atoms with Crippen molar-refractivity contribution in [3.05, 3.63) is 32.3 Å². The molecule has 1 aliphatic rings. The molecule has 0 unspecified atom stereocenters. The molecule has 1 fully saturated rings. The summed E-state index contributed by atoms with van der Waals surface area (Å²) in [5, 5.41) is 4.91. The van der Waals surface area contributed by atoms with E-state index in [-0.39, 0.29) is 29.0 Å². The number of aromatic nitrogens is 2. The number of fused-ring (bicyclic) bond motifs is 1. The second kappa shape index (κ2) is 9.54. The Labute approximate surface area is 169 Å². The van der Waals surface area contributed by atoms with Gasteiger partial charge in [0.15, 0.2) is 0 Å². The molecular weight excluding hydrogens is 374 g/mol. The summed E-state index contributed by atoms with van der Waals surface area (Å²) in [5.74, 6) is 0.508. The van der Waals surface area contributed by atoms with Crippen LogP contribution in [0.1, 0.15) is 58.8 Å². The van der Waals surface area contributed by atoms with Crippen LogP contribution in [0.15, 0.2) is 21.0 Å². The molecule has 0 aromatic carbocycles. The van der Waals surface area contributed by atoms with Gasteiger partial charge in [-0.15, -0.1) is 11.3 Å². The minimum absolute atomic E-state index is 0.0707. The monoisotopic (exact) mass is 405 g/mol. The molecule has 3 rings (SSSR count). The van der Waals surface area contributed by atoms with Crippen molar-refractivity contribution in [3.8, 4) is 0 Å². The van der Waals surface area contributed by atoms with Crippen LogP contribution in [0.25, 0.3) is 10.2 Å². The number of unbranched alkanes of at least 4 members (excludes halogenated alkanes) is 1. The van der Waals surface area contributed by atoms with Crippen molar-refractivity contribution in [2.75, 3.05) is 6.54 Å². The van der Waals surface area contributed by atoms with Gasteiger partial charge in [0, 0.05) is 25.6 Å². The first-order valence-electron chi connectivity index (χ1n) is 10.5. The van der Waals surface area contributed by atoms with Crippen LogP contribution in [0.4, 0.5) is 0 Å². The van der Waals surface area contributed by atoms with Crippen molar-refractivity contribution in [2.24, 2.45) is 11.8 Å². The lowest BCUT2D eigenvalue weighted by Gasteiger charge is -2.28. The molecule has 1 aliphatic carbocycles. The summed E-state index contributed by atoms with van der Waals surface area (Å²) >= 11 is 1.41. The zero-order chi connectivity index (χ0) is 20.1. The predicted molar refractivity (Wildman–Crippen MR) is 114 cm³/mol. The number of thiophene rings is 1. The standard InChI is InChI=1S/C21H31N3O3S/c1-3-5-11-22-19(25)16-8-6-15(7-9-16)14-24-20(26)18-17(10-13-28-18)23(12-4-2)21(24)27/h10,13,15-16H,3-9,11-12,14H2,1-2H3,(H,22,25). The van der Waals surface area contributed by atoms with Gasteiger partial charge in [-0.1, -0.05) is 20.3 Å². The van der Waals surface area contributed by atoms with Crippen LogP contribution in [0.5, 0.6) is 0 Å². The first kappa shape index (κ1) is 20.8. The topological polar surface area (TPSA) is 73.1 Å². The summed E-state index contributed by atoms with van der Waals surface area (Å²) in [6, 6.07) is 1.87. The Morgan fingerprint density at radius 2 is 1.89 bits per heavy atom. The Morgan fingerprint density at radius 3 is 2.57 bits per heavy atom. The van der Waals surface area contributed by atoms with Gasteiger partial charge >= 0.3 is 5.69 Å². The van der Waals surface area contributed by atoms with Crippen LogP contribution in [0.3, 0.4) is 0 Å². The van der Waals surface area contributed by atoms with E-state index in [0.29, 0.717) is 17.8 Å². The summed E-state index contributed by atoms with van der Waals surface area (Å²) in [7, 11) is 0. The third kappa shape index (κ3) is 4.40. The lowest BCUT2D eigenvalue weighted by atomic mass is 9.81. The molecule has 28 heavy (non-hydrogen) atoms. The second-order valence-electron chi connectivity index (χ2n) is 7.85. The van der Waals surface area contributed by atoms with Gasteiger partial charge in [-0.3, -0.25) is 18.7 Å². The zero-order valence-corrected chi connectivity index (χ0v) is 17.7. The number of carbonyl (C=O) groups is 1. The van der Waals surface area contributed by atoms with Crippen LogP contribution in [-0.4, -0.2) is 21.6 Å². The van der Waals surface area contributed by atoms with E-state index in [4.69, 9.17) is 0 Å². The van der Waals surface area contributed by atoms with Gasteiger partial charge < -0.3 is 5.32 Å². The molecule has 7 heteroatoms. The molecule has 154 valence electrons. The molecule has 0 radical (unpaired) electrons. The maximum Gasteiger partial charge on any atom is 0.331 e. The number of aryl methyl sites for hydroxylation is 1. The number of nitrogens with one attached hydrogen (secondary N) is 1. The van der Waals surface area contributed by atoms with E-state index in [1.54, 1.807) is 4.57 Å². The Kier molecular flexibility index (Phi) is 7.10. The lowest BCUT2D eigenvalue weighted by molar-refractivity contribution is -0.126. The molecule has 6 nitrogen and oxygen atoms in total. The summed E-state index contributed by atoms with van der Waals surface area (Å²) in [6.07, 6.45) is 6.37. The third-order valence-electron chi connectivity index (χ3n) is 5.77. The first-order valence-corrected chi connectivity index (χ1v) is 11.4. The Morgan fingerprint density at radius 1 is 1.14 bits per heavy atom. The second-order valence-corrected chi connectivity index (χ2v) is 8.76. The van der Waals surface area contributed by atoms with Crippen molar-refractivity contribution in [3.63, 3.8) is 0 Å². The van der Waals surface area contributed by atoms with Gasteiger partial charge in [-0.25, -0.2) is 4.79 Å². The van der Waals surface area contributed by atoms with E-state index < -0.39 is 0 Å². The maximum atomic E-state index is 13.0. The predicted octanol–water partition coefficient (Wildman–Crippen LogP) is 3.36. The van der Waals surface area contributed by atoms with Crippen LogP contribution >= 0.6 is 11.3 Å². The highest BCUT2D eigenvalue weighted by atomic mass is 32.1. The van der Waals surface area contributed by atoms with E-state index in [0.717, 1.165) is 57.0 Å². The maximum absolute atomic E-state index is 13.0. The van der Waals surface area contributed by atoms with Gasteiger partial charge in [0.25, 0.3) is 5.56 Å². The molecular formula is C21H31N3O3S. The summed E-state index contributed by atoms with van der Waals surface area (Å²) in [6.45, 7) is 5.98. The van der Waals surface area contributed by atoms with Gasteiger partial charge in [-0.2, -0.15) is 0 Å². The number of carbonyl (C=O) groups excluding carboxylic acids is 1. The summed E-state index contributed by atoms with van der Waals surface area (Å²) < 4.78 is 3.83. The van der Waals surface area contributed by atoms with Crippen LogP contribution in [0, 0.1) is 11.8 Å². The first-order chi connectivity index (χ1) is 13.6. The minimum atomic E-state index is -0.197. The minimum Gasteiger partial charge on any atom is -0.356 e. The van der Waals surface area contributed by atoms with Crippen LogP contribution in [-0.2, 0) is 17.9 Å². The number of rotatable bonds is 8. The van der Waals surface area contributed by atoms with E-state index in [1.165, 1.54) is 15.9 Å². The Balaban J connectivity index is 1.70. The molecule has 0 bridgehead atoms. The van der Waals surface area contributed by atoms with E-state index >= 15 is 0 Å². The Bertz CT molecular complexity index is 919. The fourth-order valence-corrected chi connectivity index (χ4v) is 4.98. The van der Waals surface area contributed by atoms with Crippen molar-refractivity contribution < 1.29 is 4.79 Å². The molecule has 2 aromatic rings. The fourth-order valence-electron chi connectivity index (χ4n) is 4.13. The number of nitrogens with zero attached hydrogens (tertiary/aromatic N) is 2. The molecule has 0 atom stereocenters. The van der Waals surface area contributed by atoms with Crippen molar-refractivity contribution in [1.82, 2.24) is 14.5 Å². The van der Waals surface area contributed by atoms with Crippen LogP contribution < -0.4 is 16.6 Å². The van der Waals surface area contributed by atoms with Gasteiger partial charge in [0.05, 0.1) is 5.52 Å². The molecule has 2 heterocycles. The lowest BCUT2D eigenvalue weighted by Crippen LogP contribution is -2.42. The van der Waals surface area contributed by atoms with Gasteiger partial charge in [-0.05, 0) is 55.9 Å². The summed E-state index contributed by atoms with van der Waals surface area (Å²) in [4.78, 5) is 38.1. The molecule has 1 N–H and O–H groups in total. The van der Waals surface area contributed by atoms with E-state index in [1.807, 2.05) is 18.4 Å². The van der Waals surface area contributed by atoms with Gasteiger partial charge in [0.2, 0.25) is 5.91 Å². The SMILES string of the molecule is CCCCNC(=O)C1CCC(Cn2c(=O)c3sccc3n(CCC)c2=O)CC1. The highest BCUT2D eigenvalue weighted by Gasteiger charge is 2.27. The van der Waals surface area contributed by atoms with Crippen molar-refractivity contribution in [2.45, 2.75) is 71.9 Å². The van der Waals surface area contributed by atoms with Crippen molar-refractivity contribution >= 4 is 27.5 Å². The molecule has 0 aliphatic heterocycles. The zero-order valence-electron chi connectivity index (χ0n) is 16.9. The van der Waals surface area contributed by atoms with Gasteiger partial charge in [0.1, 0.15) is 4.70 Å². The van der Waals surface area contributed by atoms with E-state index in [2.05, 4.69) is 12.2 Å². The number of hydrogen-bond acceptors (Lipinski definition) is 4. The van der Waals surface area contributed by atoms with E-state index in [9.17, 15) is 14.4 Å². The Hall–Kier alpha value is -1.89. The molecule has 2 aromatic heterocycles. The average molecular weight is 406 g/mol. The highest BCUT2D eigenvalue weighted by molar-refractivity contribution is 7.17. The normalized spacial score (nSPS) is 19.8. The fraction of sp³-hybridized carbons (Fsp3) is 0.667. The molecule has 1 saturated carbocycles. The molecule has 0 saturated heterocycles. The average Bonchev–Trinajstić information content (AvgIpc) is 3.19. The molecule has 1 amide bonds. The van der Waals surface area contributed by atoms with Crippen molar-refractivity contribution in [1.29, 1.82) is 0 Å². The number of hydrogen-bond donors (Lipinski definition) is 1.